The van der Waals surface area contributed by atoms with Gasteiger partial charge >= 0.3 is 0 Å². The average Bonchev–Trinajstić information content (AvgIpc) is 2.89. The second-order valence-electron chi connectivity index (χ2n) is 5.69. The first-order chi connectivity index (χ1) is 10.2. The lowest BCUT2D eigenvalue weighted by atomic mass is 9.93. The quantitative estimate of drug-likeness (QED) is 0.939. The smallest absolute Gasteiger partial charge is 0.0846 e. The van der Waals surface area contributed by atoms with E-state index in [-0.39, 0.29) is 12.1 Å². The van der Waals surface area contributed by atoms with Gasteiger partial charge in [-0.25, -0.2) is 0 Å². The molecule has 0 bridgehead atoms. The Morgan fingerprint density at radius 1 is 1.43 bits per heavy atom. The van der Waals surface area contributed by atoms with Crippen molar-refractivity contribution in [2.45, 2.75) is 38.3 Å². The summed E-state index contributed by atoms with van der Waals surface area (Å²) in [6.45, 7) is 2.89. The predicted molar refractivity (Wildman–Crippen MR) is 83.0 cm³/mol. The van der Waals surface area contributed by atoms with Gasteiger partial charge in [0.05, 0.1) is 24.1 Å². The number of benzene rings is 1. The van der Waals surface area contributed by atoms with Crippen molar-refractivity contribution in [3.63, 3.8) is 0 Å². The van der Waals surface area contributed by atoms with E-state index < -0.39 is 0 Å². The third-order valence-electron chi connectivity index (χ3n) is 4.27. The zero-order valence-corrected chi connectivity index (χ0v) is 12.7. The first kappa shape index (κ1) is 14.3. The second-order valence-corrected chi connectivity index (χ2v) is 5.69. The molecule has 0 spiro atoms. The molecule has 1 aliphatic heterocycles. The number of fused-ring (bicyclic) bond motifs is 1. The highest BCUT2D eigenvalue weighted by Crippen LogP contribution is 2.33. The van der Waals surface area contributed by atoms with Crippen LogP contribution in [0.4, 0.5) is 0 Å². The zero-order chi connectivity index (χ0) is 14.8. The van der Waals surface area contributed by atoms with E-state index in [1.807, 2.05) is 11.7 Å². The standard InChI is InChI=1S/C17H23N3O/c1-3-13-10-16(20(2)19-13)15(18)11-17-14-7-5-4-6-12(14)8-9-21-17/h4-7,10,15,17H,3,8-9,11,18H2,1-2H3. The molecule has 0 saturated carbocycles. The van der Waals surface area contributed by atoms with E-state index in [0.717, 1.165) is 37.3 Å². The van der Waals surface area contributed by atoms with Gasteiger partial charge in [0.25, 0.3) is 0 Å². The van der Waals surface area contributed by atoms with Crippen LogP contribution in [0.3, 0.4) is 0 Å². The van der Waals surface area contributed by atoms with Crippen LogP contribution in [-0.2, 0) is 24.6 Å². The molecule has 4 heteroatoms. The van der Waals surface area contributed by atoms with Crippen LogP contribution in [-0.4, -0.2) is 16.4 Å². The fourth-order valence-corrected chi connectivity index (χ4v) is 3.09. The van der Waals surface area contributed by atoms with Crippen LogP contribution in [0.15, 0.2) is 30.3 Å². The number of hydrogen-bond acceptors (Lipinski definition) is 3. The monoisotopic (exact) mass is 285 g/mol. The Labute approximate surface area is 125 Å². The van der Waals surface area contributed by atoms with E-state index in [1.165, 1.54) is 11.1 Å². The fraction of sp³-hybridized carbons (Fsp3) is 0.471. The number of rotatable bonds is 4. The highest BCUT2D eigenvalue weighted by molar-refractivity contribution is 5.31. The number of hydrogen-bond donors (Lipinski definition) is 1. The number of ether oxygens (including phenoxy) is 1. The number of nitrogens with zero attached hydrogens (tertiary/aromatic N) is 2. The molecular formula is C17H23N3O. The van der Waals surface area contributed by atoms with E-state index >= 15 is 0 Å². The highest BCUT2D eigenvalue weighted by Gasteiger charge is 2.24. The third kappa shape index (κ3) is 2.87. The summed E-state index contributed by atoms with van der Waals surface area (Å²) in [6.07, 6.45) is 2.81. The van der Waals surface area contributed by atoms with Crippen molar-refractivity contribution in [1.29, 1.82) is 0 Å². The van der Waals surface area contributed by atoms with Gasteiger partial charge < -0.3 is 10.5 Å². The maximum absolute atomic E-state index is 6.41. The molecule has 2 unspecified atom stereocenters. The van der Waals surface area contributed by atoms with Crippen molar-refractivity contribution in [2.75, 3.05) is 6.61 Å². The molecule has 1 aliphatic rings. The van der Waals surface area contributed by atoms with Crippen LogP contribution in [0.5, 0.6) is 0 Å². The van der Waals surface area contributed by atoms with Gasteiger partial charge in [-0.05, 0) is 36.5 Å². The molecule has 0 fully saturated rings. The summed E-state index contributed by atoms with van der Waals surface area (Å²) < 4.78 is 7.86. The molecule has 1 aromatic heterocycles. The number of aromatic nitrogens is 2. The molecule has 0 amide bonds. The predicted octanol–water partition coefficient (Wildman–Crippen LogP) is 2.69. The molecule has 2 atom stereocenters. The molecule has 0 saturated heterocycles. The lowest BCUT2D eigenvalue weighted by molar-refractivity contribution is 0.0315. The van der Waals surface area contributed by atoms with Crippen molar-refractivity contribution < 1.29 is 4.74 Å². The Hall–Kier alpha value is -1.65. The van der Waals surface area contributed by atoms with Crippen molar-refractivity contribution in [1.82, 2.24) is 9.78 Å². The summed E-state index contributed by atoms with van der Waals surface area (Å²) >= 11 is 0. The first-order valence-corrected chi connectivity index (χ1v) is 7.66. The summed E-state index contributed by atoms with van der Waals surface area (Å²) in [6, 6.07) is 10.6. The SMILES string of the molecule is CCc1cc(C(N)CC2OCCc3ccccc32)n(C)n1. The van der Waals surface area contributed by atoms with Crippen LogP contribution < -0.4 is 5.73 Å². The molecule has 2 aromatic rings. The molecule has 1 aromatic carbocycles. The van der Waals surface area contributed by atoms with Crippen molar-refractivity contribution in [3.05, 3.63) is 52.8 Å². The maximum atomic E-state index is 6.41. The van der Waals surface area contributed by atoms with Crippen molar-refractivity contribution in [3.8, 4) is 0 Å². The summed E-state index contributed by atoms with van der Waals surface area (Å²) in [5.74, 6) is 0. The molecule has 2 N–H and O–H groups in total. The highest BCUT2D eigenvalue weighted by atomic mass is 16.5. The Morgan fingerprint density at radius 3 is 3.00 bits per heavy atom. The van der Waals surface area contributed by atoms with Crippen LogP contribution in [0.1, 0.15) is 48.0 Å². The lowest BCUT2D eigenvalue weighted by Gasteiger charge is -2.28. The van der Waals surface area contributed by atoms with Crippen LogP contribution in [0.25, 0.3) is 0 Å². The number of nitrogens with two attached hydrogens (primary N) is 1. The minimum Gasteiger partial charge on any atom is -0.373 e. The summed E-state index contributed by atoms with van der Waals surface area (Å²) in [5, 5.41) is 4.48. The molecule has 4 nitrogen and oxygen atoms in total. The lowest BCUT2D eigenvalue weighted by Crippen LogP contribution is -2.23. The van der Waals surface area contributed by atoms with Gasteiger partial charge in [-0.1, -0.05) is 31.2 Å². The Morgan fingerprint density at radius 2 is 2.24 bits per heavy atom. The Kier molecular flexibility index (Phi) is 4.08. The van der Waals surface area contributed by atoms with Crippen molar-refractivity contribution in [2.24, 2.45) is 12.8 Å². The van der Waals surface area contributed by atoms with Crippen molar-refractivity contribution >= 4 is 0 Å². The molecule has 21 heavy (non-hydrogen) atoms. The van der Waals surface area contributed by atoms with E-state index in [2.05, 4.69) is 42.4 Å². The summed E-state index contributed by atoms with van der Waals surface area (Å²) in [4.78, 5) is 0. The molecule has 0 aliphatic carbocycles. The fourth-order valence-electron chi connectivity index (χ4n) is 3.09. The molecular weight excluding hydrogens is 262 g/mol. The van der Waals surface area contributed by atoms with Crippen LogP contribution in [0, 0.1) is 0 Å². The van der Waals surface area contributed by atoms with Gasteiger partial charge in [0, 0.05) is 13.1 Å². The summed E-state index contributed by atoms with van der Waals surface area (Å²) in [7, 11) is 1.96. The average molecular weight is 285 g/mol. The van der Waals surface area contributed by atoms with Gasteiger partial charge in [0.1, 0.15) is 0 Å². The Balaban J connectivity index is 1.79. The number of aryl methyl sites for hydroxylation is 2. The van der Waals surface area contributed by atoms with E-state index in [0.29, 0.717) is 0 Å². The Bertz CT molecular complexity index is 620. The maximum Gasteiger partial charge on any atom is 0.0846 e. The van der Waals surface area contributed by atoms with Gasteiger partial charge in [-0.15, -0.1) is 0 Å². The van der Waals surface area contributed by atoms with Gasteiger partial charge in [0.2, 0.25) is 0 Å². The normalized spacial score (nSPS) is 19.3. The first-order valence-electron chi connectivity index (χ1n) is 7.66. The zero-order valence-electron chi connectivity index (χ0n) is 12.7. The second kappa shape index (κ2) is 6.00. The molecule has 2 heterocycles. The summed E-state index contributed by atoms with van der Waals surface area (Å²) in [5.41, 5.74) is 11.3. The van der Waals surface area contributed by atoms with E-state index in [9.17, 15) is 0 Å². The topological polar surface area (TPSA) is 53.1 Å². The van der Waals surface area contributed by atoms with Crippen LogP contribution in [0.2, 0.25) is 0 Å². The molecule has 112 valence electrons. The minimum absolute atomic E-state index is 0.0565. The minimum atomic E-state index is -0.0565. The van der Waals surface area contributed by atoms with Gasteiger partial charge in [0.15, 0.2) is 0 Å². The van der Waals surface area contributed by atoms with E-state index in [1.54, 1.807) is 0 Å². The van der Waals surface area contributed by atoms with Gasteiger partial charge in [-0.3, -0.25) is 4.68 Å². The molecule has 0 radical (unpaired) electrons. The largest absolute Gasteiger partial charge is 0.373 e. The van der Waals surface area contributed by atoms with Gasteiger partial charge in [-0.2, -0.15) is 5.10 Å². The van der Waals surface area contributed by atoms with Crippen LogP contribution >= 0.6 is 0 Å². The molecule has 3 rings (SSSR count). The third-order valence-corrected chi connectivity index (χ3v) is 4.27. The van der Waals surface area contributed by atoms with E-state index in [4.69, 9.17) is 10.5 Å².